The van der Waals surface area contributed by atoms with Gasteiger partial charge in [0.05, 0.1) is 24.8 Å². The summed E-state index contributed by atoms with van der Waals surface area (Å²) in [5.41, 5.74) is 1.42. The molecule has 1 N–H and O–H groups in total. The maximum atomic E-state index is 11.4. The molecule has 1 rings (SSSR count). The first-order chi connectivity index (χ1) is 7.67. The molecule has 0 radical (unpaired) electrons. The van der Waals surface area contributed by atoms with E-state index >= 15 is 0 Å². The van der Waals surface area contributed by atoms with Gasteiger partial charge >= 0.3 is 5.97 Å². The molecule has 0 spiro atoms. The number of esters is 1. The van der Waals surface area contributed by atoms with Crippen LogP contribution in [0.15, 0.2) is 18.2 Å². The molecule has 0 aliphatic rings. The smallest absolute Gasteiger partial charge is 0.309 e. The lowest BCUT2D eigenvalue weighted by Gasteiger charge is -2.10. The maximum absolute atomic E-state index is 11.4. The summed E-state index contributed by atoms with van der Waals surface area (Å²) in [6.07, 6.45) is 0.534. The quantitative estimate of drug-likeness (QED) is 0.765. The topological polar surface area (TPSA) is 59.4 Å². The number of pyridine rings is 1. The number of hydrogen-bond donors (Lipinski definition) is 1. The minimum Gasteiger partial charge on any atom is -0.466 e. The van der Waals surface area contributed by atoms with Crippen LogP contribution in [0, 0.1) is 5.92 Å². The van der Waals surface area contributed by atoms with E-state index in [1.54, 1.807) is 13.0 Å². The van der Waals surface area contributed by atoms with Crippen LogP contribution in [0.25, 0.3) is 0 Å². The molecule has 0 fully saturated rings. The molecule has 4 nitrogen and oxygen atoms in total. The third-order valence-electron chi connectivity index (χ3n) is 2.23. The van der Waals surface area contributed by atoms with Gasteiger partial charge in [0.1, 0.15) is 0 Å². The number of aromatic nitrogens is 1. The van der Waals surface area contributed by atoms with Crippen LogP contribution in [0.1, 0.15) is 25.2 Å². The SMILES string of the molecule is CCOC(=O)C(C)Cc1cccc(CO)n1. The molecule has 1 atom stereocenters. The lowest BCUT2D eigenvalue weighted by Crippen LogP contribution is -2.17. The van der Waals surface area contributed by atoms with Crippen LogP contribution in [-0.2, 0) is 22.6 Å². The van der Waals surface area contributed by atoms with E-state index < -0.39 is 0 Å². The van der Waals surface area contributed by atoms with Crippen molar-refractivity contribution in [2.75, 3.05) is 6.61 Å². The predicted molar refractivity (Wildman–Crippen MR) is 59.7 cm³/mol. The average molecular weight is 223 g/mol. The van der Waals surface area contributed by atoms with Crippen molar-refractivity contribution in [3.8, 4) is 0 Å². The Morgan fingerprint density at radius 2 is 2.19 bits per heavy atom. The Morgan fingerprint density at radius 3 is 2.81 bits per heavy atom. The van der Waals surface area contributed by atoms with Crippen LogP contribution in [0.5, 0.6) is 0 Å². The first kappa shape index (κ1) is 12.6. The number of ether oxygens (including phenoxy) is 1. The van der Waals surface area contributed by atoms with E-state index in [-0.39, 0.29) is 18.5 Å². The van der Waals surface area contributed by atoms with Crippen LogP contribution < -0.4 is 0 Å². The molecule has 0 amide bonds. The van der Waals surface area contributed by atoms with E-state index in [2.05, 4.69) is 4.98 Å². The minimum absolute atomic E-state index is 0.0817. The zero-order chi connectivity index (χ0) is 12.0. The summed E-state index contributed by atoms with van der Waals surface area (Å²) >= 11 is 0. The molecule has 0 saturated carbocycles. The second-order valence-electron chi connectivity index (χ2n) is 3.64. The highest BCUT2D eigenvalue weighted by Crippen LogP contribution is 2.09. The normalized spacial score (nSPS) is 12.2. The Balaban J connectivity index is 2.61. The Labute approximate surface area is 95.3 Å². The van der Waals surface area contributed by atoms with Gasteiger partial charge < -0.3 is 9.84 Å². The molecule has 1 heterocycles. The first-order valence-electron chi connectivity index (χ1n) is 5.39. The molecule has 0 bridgehead atoms. The summed E-state index contributed by atoms with van der Waals surface area (Å²) in [7, 11) is 0. The van der Waals surface area contributed by atoms with Crippen molar-refractivity contribution in [2.45, 2.75) is 26.9 Å². The van der Waals surface area contributed by atoms with Gasteiger partial charge in [0.2, 0.25) is 0 Å². The Bertz CT molecular complexity index is 352. The highest BCUT2D eigenvalue weighted by Gasteiger charge is 2.15. The van der Waals surface area contributed by atoms with Crippen molar-refractivity contribution in [3.63, 3.8) is 0 Å². The van der Waals surface area contributed by atoms with E-state index in [9.17, 15) is 4.79 Å². The van der Waals surface area contributed by atoms with Crippen LogP contribution in [0.4, 0.5) is 0 Å². The molecule has 0 aliphatic heterocycles. The van der Waals surface area contributed by atoms with Gasteiger partial charge in [-0.1, -0.05) is 13.0 Å². The van der Waals surface area contributed by atoms with E-state index in [0.717, 1.165) is 5.69 Å². The van der Waals surface area contributed by atoms with Gasteiger partial charge in [-0.3, -0.25) is 9.78 Å². The molecule has 1 aromatic rings. The molecule has 1 aromatic heterocycles. The van der Waals surface area contributed by atoms with Crippen molar-refractivity contribution in [3.05, 3.63) is 29.6 Å². The first-order valence-corrected chi connectivity index (χ1v) is 5.39. The third-order valence-corrected chi connectivity index (χ3v) is 2.23. The Morgan fingerprint density at radius 1 is 1.50 bits per heavy atom. The summed E-state index contributed by atoms with van der Waals surface area (Å²) in [5, 5.41) is 8.94. The van der Waals surface area contributed by atoms with Gasteiger partial charge in [-0.15, -0.1) is 0 Å². The summed E-state index contributed by atoms with van der Waals surface area (Å²) in [6.45, 7) is 3.91. The summed E-state index contributed by atoms with van der Waals surface area (Å²) in [6, 6.07) is 5.42. The van der Waals surface area contributed by atoms with E-state index in [0.29, 0.717) is 18.7 Å². The Hall–Kier alpha value is -1.42. The van der Waals surface area contributed by atoms with Gasteiger partial charge in [-0.05, 0) is 19.1 Å². The number of hydrogen-bond acceptors (Lipinski definition) is 4. The Kier molecular flexibility index (Phi) is 4.92. The van der Waals surface area contributed by atoms with Crippen molar-refractivity contribution < 1.29 is 14.6 Å². The van der Waals surface area contributed by atoms with E-state index in [4.69, 9.17) is 9.84 Å². The van der Waals surface area contributed by atoms with Crippen molar-refractivity contribution in [2.24, 2.45) is 5.92 Å². The highest BCUT2D eigenvalue weighted by atomic mass is 16.5. The highest BCUT2D eigenvalue weighted by molar-refractivity contribution is 5.72. The van der Waals surface area contributed by atoms with Gasteiger partial charge in [-0.25, -0.2) is 0 Å². The lowest BCUT2D eigenvalue weighted by atomic mass is 10.1. The average Bonchev–Trinajstić information content (AvgIpc) is 2.29. The molecule has 1 unspecified atom stereocenters. The molecule has 0 saturated heterocycles. The fourth-order valence-electron chi connectivity index (χ4n) is 1.41. The molecule has 88 valence electrons. The van der Waals surface area contributed by atoms with Crippen molar-refractivity contribution in [1.29, 1.82) is 0 Å². The number of aliphatic hydroxyl groups excluding tert-OH is 1. The van der Waals surface area contributed by atoms with Gasteiger partial charge in [-0.2, -0.15) is 0 Å². The maximum Gasteiger partial charge on any atom is 0.309 e. The zero-order valence-corrected chi connectivity index (χ0v) is 9.64. The van der Waals surface area contributed by atoms with Crippen LogP contribution in [-0.4, -0.2) is 22.7 Å². The van der Waals surface area contributed by atoms with Gasteiger partial charge in [0, 0.05) is 12.1 Å². The van der Waals surface area contributed by atoms with Crippen molar-refractivity contribution >= 4 is 5.97 Å². The van der Waals surface area contributed by atoms with Crippen molar-refractivity contribution in [1.82, 2.24) is 4.98 Å². The van der Waals surface area contributed by atoms with E-state index in [1.165, 1.54) is 0 Å². The lowest BCUT2D eigenvalue weighted by molar-refractivity contribution is -0.147. The standard InChI is InChI=1S/C12H17NO3/c1-3-16-12(15)9(2)7-10-5-4-6-11(8-14)13-10/h4-6,9,14H,3,7-8H2,1-2H3. The fraction of sp³-hybridized carbons (Fsp3) is 0.500. The molecular weight excluding hydrogens is 206 g/mol. The monoisotopic (exact) mass is 223 g/mol. The second kappa shape index (κ2) is 6.23. The third kappa shape index (κ3) is 3.62. The van der Waals surface area contributed by atoms with Crippen LogP contribution >= 0.6 is 0 Å². The fourth-order valence-corrected chi connectivity index (χ4v) is 1.41. The number of carbonyl (C=O) groups excluding carboxylic acids is 1. The number of carbonyl (C=O) groups is 1. The van der Waals surface area contributed by atoms with Crippen LogP contribution in [0.2, 0.25) is 0 Å². The number of nitrogens with zero attached hydrogens (tertiary/aromatic N) is 1. The second-order valence-corrected chi connectivity index (χ2v) is 3.64. The molecular formula is C12H17NO3. The molecule has 4 heteroatoms. The van der Waals surface area contributed by atoms with E-state index in [1.807, 2.05) is 19.1 Å². The summed E-state index contributed by atoms with van der Waals surface area (Å²) in [5.74, 6) is -0.417. The van der Waals surface area contributed by atoms with Gasteiger partial charge in [0.25, 0.3) is 0 Å². The predicted octanol–water partition coefficient (Wildman–Crippen LogP) is 1.32. The number of rotatable bonds is 5. The summed E-state index contributed by atoms with van der Waals surface area (Å²) in [4.78, 5) is 15.6. The largest absolute Gasteiger partial charge is 0.466 e. The number of aliphatic hydroxyl groups is 1. The van der Waals surface area contributed by atoms with Crippen LogP contribution in [0.3, 0.4) is 0 Å². The molecule has 0 aliphatic carbocycles. The molecule has 0 aromatic carbocycles. The zero-order valence-electron chi connectivity index (χ0n) is 9.64. The summed E-state index contributed by atoms with van der Waals surface area (Å²) < 4.78 is 4.92. The van der Waals surface area contributed by atoms with Gasteiger partial charge in [0.15, 0.2) is 0 Å². The molecule has 16 heavy (non-hydrogen) atoms. The minimum atomic E-state index is -0.210.